The van der Waals surface area contributed by atoms with Gasteiger partial charge < -0.3 is 9.80 Å². The van der Waals surface area contributed by atoms with Crippen LogP contribution in [0.3, 0.4) is 0 Å². The summed E-state index contributed by atoms with van der Waals surface area (Å²) in [6.07, 6.45) is 1.74. The Kier molecular flexibility index (Phi) is 4.92. The van der Waals surface area contributed by atoms with Crippen molar-refractivity contribution >= 4 is 5.82 Å². The van der Waals surface area contributed by atoms with Gasteiger partial charge >= 0.3 is 0 Å². The third-order valence-corrected chi connectivity index (χ3v) is 2.68. The molecule has 0 spiro atoms. The van der Waals surface area contributed by atoms with E-state index in [0.29, 0.717) is 11.6 Å². The highest BCUT2D eigenvalue weighted by molar-refractivity contribution is 5.54. The van der Waals surface area contributed by atoms with Crippen LogP contribution in [0.4, 0.5) is 5.82 Å². The van der Waals surface area contributed by atoms with E-state index in [1.54, 1.807) is 12.3 Å². The van der Waals surface area contributed by atoms with Gasteiger partial charge in [0.25, 0.3) is 0 Å². The molecule has 1 unspecified atom stereocenters. The average molecular weight is 232 g/mol. The zero-order chi connectivity index (χ0) is 12.8. The van der Waals surface area contributed by atoms with Crippen molar-refractivity contribution in [2.45, 2.75) is 19.9 Å². The summed E-state index contributed by atoms with van der Waals surface area (Å²) < 4.78 is 0. The number of likely N-dealkylation sites (N-methyl/N-ethyl adjacent to an activating group) is 2. The van der Waals surface area contributed by atoms with Crippen LogP contribution in [0, 0.1) is 11.3 Å². The van der Waals surface area contributed by atoms with Gasteiger partial charge in [-0.1, -0.05) is 0 Å². The maximum atomic E-state index is 9.10. The molecule has 0 aliphatic carbocycles. The summed E-state index contributed by atoms with van der Waals surface area (Å²) in [7, 11) is 4.10. The first-order valence-electron chi connectivity index (χ1n) is 5.86. The van der Waals surface area contributed by atoms with E-state index in [4.69, 9.17) is 5.26 Å². The molecule has 0 N–H and O–H groups in total. The summed E-state index contributed by atoms with van der Waals surface area (Å²) in [5.41, 5.74) is 0.639. The van der Waals surface area contributed by atoms with Crippen molar-refractivity contribution in [2.24, 2.45) is 0 Å². The molecule has 0 aliphatic heterocycles. The molecule has 17 heavy (non-hydrogen) atoms. The Labute approximate surface area is 103 Å². The summed E-state index contributed by atoms with van der Waals surface area (Å²) >= 11 is 0. The Balaban J connectivity index is 2.97. The molecule has 0 fully saturated rings. The van der Waals surface area contributed by atoms with Crippen LogP contribution in [-0.4, -0.2) is 43.1 Å². The highest BCUT2D eigenvalue weighted by atomic mass is 15.2. The molecule has 0 saturated heterocycles. The Morgan fingerprint density at radius 3 is 2.71 bits per heavy atom. The maximum absolute atomic E-state index is 9.10. The molecule has 0 amide bonds. The average Bonchev–Trinajstić information content (AvgIpc) is 2.29. The van der Waals surface area contributed by atoms with Crippen LogP contribution < -0.4 is 4.90 Å². The number of hydrogen-bond donors (Lipinski definition) is 0. The number of anilines is 1. The van der Waals surface area contributed by atoms with E-state index in [-0.39, 0.29) is 0 Å². The number of rotatable bonds is 5. The van der Waals surface area contributed by atoms with Gasteiger partial charge in [0.15, 0.2) is 0 Å². The van der Waals surface area contributed by atoms with Gasteiger partial charge in [0.2, 0.25) is 0 Å². The van der Waals surface area contributed by atoms with E-state index in [9.17, 15) is 0 Å². The third-order valence-electron chi connectivity index (χ3n) is 2.68. The highest BCUT2D eigenvalue weighted by Crippen LogP contribution is 2.18. The van der Waals surface area contributed by atoms with Crippen LogP contribution >= 0.6 is 0 Å². The lowest BCUT2D eigenvalue weighted by molar-refractivity contribution is 0.372. The van der Waals surface area contributed by atoms with Gasteiger partial charge in [-0.05, 0) is 40.1 Å². The fourth-order valence-corrected chi connectivity index (χ4v) is 2.01. The number of nitrogens with zero attached hydrogens (tertiary/aromatic N) is 4. The van der Waals surface area contributed by atoms with Crippen LogP contribution in [0.5, 0.6) is 0 Å². The lowest BCUT2D eigenvalue weighted by Crippen LogP contribution is -2.40. The minimum Gasteiger partial charge on any atom is -0.352 e. The van der Waals surface area contributed by atoms with Crippen LogP contribution in [-0.2, 0) is 0 Å². The van der Waals surface area contributed by atoms with Gasteiger partial charge in [-0.3, -0.25) is 0 Å². The lowest BCUT2D eigenvalue weighted by Gasteiger charge is -2.31. The van der Waals surface area contributed by atoms with Crippen molar-refractivity contribution in [3.8, 4) is 6.07 Å². The first-order chi connectivity index (χ1) is 8.10. The Hall–Kier alpha value is -1.60. The molecule has 0 bridgehead atoms. The van der Waals surface area contributed by atoms with Crippen LogP contribution in [0.2, 0.25) is 0 Å². The minimum absolute atomic E-state index is 0.331. The lowest BCUT2D eigenvalue weighted by atomic mass is 10.2. The van der Waals surface area contributed by atoms with Crippen molar-refractivity contribution in [3.63, 3.8) is 0 Å². The van der Waals surface area contributed by atoms with E-state index < -0.39 is 0 Å². The molecule has 92 valence electrons. The van der Waals surface area contributed by atoms with Crippen LogP contribution in [0.1, 0.15) is 19.4 Å². The monoisotopic (exact) mass is 232 g/mol. The molecular formula is C13H20N4. The second-order valence-electron chi connectivity index (χ2n) is 4.38. The Bertz CT molecular complexity index is 395. The van der Waals surface area contributed by atoms with Gasteiger partial charge in [-0.15, -0.1) is 0 Å². The topological polar surface area (TPSA) is 43.2 Å². The summed E-state index contributed by atoms with van der Waals surface area (Å²) in [5.74, 6) is 0.784. The summed E-state index contributed by atoms with van der Waals surface area (Å²) in [4.78, 5) is 8.64. The minimum atomic E-state index is 0.331. The molecule has 1 aromatic heterocycles. The number of aromatic nitrogens is 1. The number of pyridine rings is 1. The molecule has 1 atom stereocenters. The second-order valence-corrected chi connectivity index (χ2v) is 4.38. The quantitative estimate of drug-likeness (QED) is 0.775. The van der Waals surface area contributed by atoms with Gasteiger partial charge in [0.1, 0.15) is 11.9 Å². The summed E-state index contributed by atoms with van der Waals surface area (Å²) in [6, 6.07) is 6.14. The Morgan fingerprint density at radius 1 is 1.47 bits per heavy atom. The standard InChI is InChI=1S/C13H20N4/c1-5-17(11(2)10-16(3)4)13-12(9-14)7-6-8-15-13/h6-8,11H,5,10H2,1-4H3. The van der Waals surface area contributed by atoms with E-state index in [1.165, 1.54) is 0 Å². The third kappa shape index (κ3) is 3.43. The van der Waals surface area contributed by atoms with Gasteiger partial charge in [-0.2, -0.15) is 5.26 Å². The van der Waals surface area contributed by atoms with E-state index in [0.717, 1.165) is 18.9 Å². The largest absolute Gasteiger partial charge is 0.352 e. The molecule has 0 aliphatic rings. The SMILES string of the molecule is CCN(c1ncccc1C#N)C(C)CN(C)C. The van der Waals surface area contributed by atoms with Gasteiger partial charge in [0.05, 0.1) is 5.56 Å². The summed E-state index contributed by atoms with van der Waals surface area (Å²) in [5, 5.41) is 9.10. The number of nitriles is 1. The first kappa shape index (κ1) is 13.5. The zero-order valence-electron chi connectivity index (χ0n) is 11.0. The second kappa shape index (κ2) is 6.21. The molecular weight excluding hydrogens is 212 g/mol. The van der Waals surface area contributed by atoms with Crippen molar-refractivity contribution < 1.29 is 0 Å². The first-order valence-corrected chi connectivity index (χ1v) is 5.86. The van der Waals surface area contributed by atoms with E-state index in [1.807, 2.05) is 20.2 Å². The molecule has 0 saturated carbocycles. The smallest absolute Gasteiger partial charge is 0.146 e. The summed E-state index contributed by atoms with van der Waals surface area (Å²) in [6.45, 7) is 6.03. The predicted molar refractivity (Wildman–Crippen MR) is 70.0 cm³/mol. The molecule has 1 heterocycles. The molecule has 4 nitrogen and oxygen atoms in total. The van der Waals surface area contributed by atoms with Crippen LogP contribution in [0.25, 0.3) is 0 Å². The van der Waals surface area contributed by atoms with Crippen LogP contribution in [0.15, 0.2) is 18.3 Å². The normalized spacial score (nSPS) is 12.2. The van der Waals surface area contributed by atoms with E-state index >= 15 is 0 Å². The Morgan fingerprint density at radius 2 is 2.18 bits per heavy atom. The molecule has 4 heteroatoms. The fraction of sp³-hybridized carbons (Fsp3) is 0.538. The molecule has 1 aromatic rings. The fourth-order valence-electron chi connectivity index (χ4n) is 2.01. The molecule has 0 aromatic carbocycles. The van der Waals surface area contributed by atoms with E-state index in [2.05, 4.69) is 34.7 Å². The van der Waals surface area contributed by atoms with Gasteiger partial charge in [0, 0.05) is 25.3 Å². The molecule has 1 rings (SSSR count). The van der Waals surface area contributed by atoms with Crippen molar-refractivity contribution in [3.05, 3.63) is 23.9 Å². The highest BCUT2D eigenvalue weighted by Gasteiger charge is 2.17. The van der Waals surface area contributed by atoms with Crippen molar-refractivity contribution in [2.75, 3.05) is 32.1 Å². The number of hydrogen-bond acceptors (Lipinski definition) is 4. The van der Waals surface area contributed by atoms with Crippen molar-refractivity contribution in [1.29, 1.82) is 5.26 Å². The maximum Gasteiger partial charge on any atom is 0.146 e. The van der Waals surface area contributed by atoms with Crippen molar-refractivity contribution in [1.82, 2.24) is 9.88 Å². The van der Waals surface area contributed by atoms with Gasteiger partial charge in [-0.25, -0.2) is 4.98 Å². The molecule has 0 radical (unpaired) electrons. The predicted octanol–water partition coefficient (Wildman–Crippen LogP) is 1.73. The zero-order valence-corrected chi connectivity index (χ0v) is 11.0.